The highest BCUT2D eigenvalue weighted by Gasteiger charge is 2.43. The third kappa shape index (κ3) is 4.50. The van der Waals surface area contributed by atoms with Gasteiger partial charge in [-0.2, -0.15) is 0 Å². The van der Waals surface area contributed by atoms with Gasteiger partial charge in [0, 0.05) is 28.7 Å². The third-order valence-corrected chi connectivity index (χ3v) is 13.6. The molecule has 0 spiro atoms. The van der Waals surface area contributed by atoms with Crippen molar-refractivity contribution < 1.29 is 8.99 Å². The molecule has 0 aliphatic rings. The number of halogens is 1. The van der Waals surface area contributed by atoms with E-state index >= 15 is 0 Å². The van der Waals surface area contributed by atoms with E-state index in [1.165, 1.54) is 0 Å². The fourth-order valence-electron chi connectivity index (χ4n) is 2.35. The van der Waals surface area contributed by atoms with E-state index in [0.29, 0.717) is 6.16 Å². The van der Waals surface area contributed by atoms with Crippen molar-refractivity contribution in [1.82, 2.24) is 0 Å². The van der Waals surface area contributed by atoms with Crippen LogP contribution < -0.4 is 10.6 Å². The van der Waals surface area contributed by atoms with Crippen molar-refractivity contribution in [2.45, 2.75) is 58.6 Å². The van der Waals surface area contributed by atoms with E-state index < -0.39 is 15.5 Å². The first-order valence-corrected chi connectivity index (χ1v) is 13.8. The number of benzene rings is 1. The first-order valence-electron chi connectivity index (χ1n) is 8.13. The van der Waals surface area contributed by atoms with Gasteiger partial charge >= 0.3 is 0 Å². The SMILES string of the molecule is CCP(=O)(c1ccc(Br)cc1NC)C(C)O[Si](C)(C)C(C)(C)C. The van der Waals surface area contributed by atoms with Crippen molar-refractivity contribution >= 4 is 42.4 Å². The zero-order valence-electron chi connectivity index (χ0n) is 15.7. The molecule has 1 N–H and O–H groups in total. The summed E-state index contributed by atoms with van der Waals surface area (Å²) in [5.41, 5.74) is 0.912. The van der Waals surface area contributed by atoms with E-state index in [9.17, 15) is 4.57 Å². The van der Waals surface area contributed by atoms with Gasteiger partial charge in [0.15, 0.2) is 8.32 Å². The largest absolute Gasteiger partial charge is 0.407 e. The van der Waals surface area contributed by atoms with Gasteiger partial charge in [0.25, 0.3) is 0 Å². The lowest BCUT2D eigenvalue weighted by atomic mass is 10.2. The Hall–Kier alpha value is -0.0931. The Labute approximate surface area is 151 Å². The minimum atomic E-state index is -2.65. The summed E-state index contributed by atoms with van der Waals surface area (Å²) in [4.78, 5) is 0. The molecule has 0 fully saturated rings. The van der Waals surface area contributed by atoms with E-state index in [-0.39, 0.29) is 10.9 Å². The topological polar surface area (TPSA) is 38.3 Å². The molecule has 0 radical (unpaired) electrons. The molecule has 0 bridgehead atoms. The van der Waals surface area contributed by atoms with Crippen LogP contribution in [0, 0.1) is 0 Å². The lowest BCUT2D eigenvalue weighted by molar-refractivity contribution is 0.265. The van der Waals surface area contributed by atoms with Gasteiger partial charge in [0.1, 0.15) is 7.14 Å². The zero-order valence-corrected chi connectivity index (χ0v) is 19.1. The van der Waals surface area contributed by atoms with Crippen molar-refractivity contribution in [3.63, 3.8) is 0 Å². The van der Waals surface area contributed by atoms with E-state index in [1.807, 2.05) is 39.1 Å². The number of hydrogen-bond donors (Lipinski definition) is 1. The van der Waals surface area contributed by atoms with Gasteiger partial charge in [0.05, 0.1) is 5.85 Å². The number of rotatable bonds is 6. The van der Waals surface area contributed by atoms with Crippen LogP contribution in [-0.4, -0.2) is 27.4 Å². The Balaban J connectivity index is 3.27. The molecule has 3 nitrogen and oxygen atoms in total. The molecular weight excluding hydrogens is 389 g/mol. The Morgan fingerprint density at radius 3 is 2.35 bits per heavy atom. The molecule has 1 rings (SSSR count). The van der Waals surface area contributed by atoms with Gasteiger partial charge in [-0.15, -0.1) is 0 Å². The second kappa shape index (κ2) is 7.43. The maximum absolute atomic E-state index is 13.8. The lowest BCUT2D eigenvalue weighted by Gasteiger charge is -2.40. The molecule has 0 heterocycles. The van der Waals surface area contributed by atoms with Crippen molar-refractivity contribution in [3.05, 3.63) is 22.7 Å². The van der Waals surface area contributed by atoms with Crippen LogP contribution in [0.1, 0.15) is 34.6 Å². The highest BCUT2D eigenvalue weighted by Crippen LogP contribution is 2.53. The highest BCUT2D eigenvalue weighted by atomic mass is 79.9. The number of nitrogens with one attached hydrogen (secondary N) is 1. The first-order chi connectivity index (χ1) is 10.4. The number of anilines is 1. The fraction of sp³-hybridized carbons (Fsp3) is 0.647. The Bertz CT molecular complexity index is 599. The Morgan fingerprint density at radius 2 is 1.91 bits per heavy atom. The summed E-state index contributed by atoms with van der Waals surface area (Å²) in [5, 5.41) is 4.17. The third-order valence-electron chi connectivity index (χ3n) is 4.96. The fourth-order valence-corrected chi connectivity index (χ4v) is 7.55. The van der Waals surface area contributed by atoms with E-state index in [1.54, 1.807) is 0 Å². The predicted octanol–water partition coefficient (Wildman–Crippen LogP) is 5.87. The summed E-state index contributed by atoms with van der Waals surface area (Å²) < 4.78 is 21.3. The van der Waals surface area contributed by atoms with Gasteiger partial charge in [-0.3, -0.25) is 0 Å². The number of hydrogen-bond acceptors (Lipinski definition) is 3. The van der Waals surface area contributed by atoms with Gasteiger partial charge in [-0.05, 0) is 43.3 Å². The van der Waals surface area contributed by atoms with Crippen LogP contribution in [0.4, 0.5) is 5.69 Å². The van der Waals surface area contributed by atoms with Gasteiger partial charge < -0.3 is 14.3 Å². The molecule has 2 unspecified atom stereocenters. The zero-order chi connectivity index (χ0) is 18.1. The maximum atomic E-state index is 13.8. The van der Waals surface area contributed by atoms with Crippen LogP contribution in [0.2, 0.25) is 18.1 Å². The summed E-state index contributed by atoms with van der Waals surface area (Å²) >= 11 is 3.48. The van der Waals surface area contributed by atoms with E-state index in [2.05, 4.69) is 55.1 Å². The molecule has 2 atom stereocenters. The molecule has 1 aromatic carbocycles. The summed E-state index contributed by atoms with van der Waals surface area (Å²) in [7, 11) is -2.76. The second-order valence-electron chi connectivity index (χ2n) is 7.50. The molecule has 0 amide bonds. The molecule has 1 aromatic rings. The summed E-state index contributed by atoms with van der Waals surface area (Å²) in [5.74, 6) is -0.276. The average molecular weight is 420 g/mol. The Morgan fingerprint density at radius 1 is 1.35 bits per heavy atom. The summed E-state index contributed by atoms with van der Waals surface area (Å²) in [6, 6.07) is 5.90. The molecular formula is C17H31BrNO2PSi. The molecule has 0 aliphatic carbocycles. The quantitative estimate of drug-likeness (QED) is 0.462. The van der Waals surface area contributed by atoms with Crippen LogP contribution in [0.25, 0.3) is 0 Å². The molecule has 0 aliphatic heterocycles. The van der Waals surface area contributed by atoms with Crippen molar-refractivity contribution in [2.24, 2.45) is 0 Å². The van der Waals surface area contributed by atoms with Crippen LogP contribution in [0.15, 0.2) is 22.7 Å². The lowest BCUT2D eigenvalue weighted by Crippen LogP contribution is -2.44. The monoisotopic (exact) mass is 419 g/mol. The standard InChI is InChI=1S/C17H31BrNO2PSi/c1-9-22(20,13(2)21-23(7,8)17(3,4)5)16-11-10-14(18)12-15(16)19-6/h10-13,19H,9H2,1-8H3. The summed E-state index contributed by atoms with van der Waals surface area (Å²) in [6.45, 7) is 15.0. The smallest absolute Gasteiger partial charge is 0.193 e. The first kappa shape index (κ1) is 21.0. The van der Waals surface area contributed by atoms with Crippen molar-refractivity contribution in [3.8, 4) is 0 Å². The van der Waals surface area contributed by atoms with Crippen LogP contribution >= 0.6 is 23.1 Å². The summed E-state index contributed by atoms with van der Waals surface area (Å²) in [6.07, 6.45) is 0.596. The molecule has 132 valence electrons. The molecule has 0 saturated carbocycles. The molecule has 23 heavy (non-hydrogen) atoms. The highest BCUT2D eigenvalue weighted by molar-refractivity contribution is 9.10. The Kier molecular flexibility index (Phi) is 6.77. The van der Waals surface area contributed by atoms with Crippen molar-refractivity contribution in [1.29, 1.82) is 0 Å². The average Bonchev–Trinajstić information content (AvgIpc) is 2.44. The molecule has 0 aromatic heterocycles. The second-order valence-corrected chi connectivity index (χ2v) is 16.6. The van der Waals surface area contributed by atoms with E-state index in [0.717, 1.165) is 15.5 Å². The maximum Gasteiger partial charge on any atom is 0.193 e. The predicted molar refractivity (Wildman–Crippen MR) is 109 cm³/mol. The van der Waals surface area contributed by atoms with Crippen LogP contribution in [0.5, 0.6) is 0 Å². The molecule has 0 saturated heterocycles. The van der Waals surface area contributed by atoms with E-state index in [4.69, 9.17) is 4.43 Å². The van der Waals surface area contributed by atoms with Crippen LogP contribution in [0.3, 0.4) is 0 Å². The van der Waals surface area contributed by atoms with Gasteiger partial charge in [-0.25, -0.2) is 0 Å². The minimum Gasteiger partial charge on any atom is -0.407 e. The minimum absolute atomic E-state index is 0.103. The van der Waals surface area contributed by atoms with Gasteiger partial charge in [-0.1, -0.05) is 43.6 Å². The van der Waals surface area contributed by atoms with Crippen LogP contribution in [-0.2, 0) is 8.99 Å². The molecule has 6 heteroatoms. The van der Waals surface area contributed by atoms with Crippen molar-refractivity contribution in [2.75, 3.05) is 18.5 Å². The van der Waals surface area contributed by atoms with Gasteiger partial charge in [0.2, 0.25) is 0 Å². The normalized spacial score (nSPS) is 16.7.